The maximum atomic E-state index is 12.1. The molecular weight excluding hydrogens is 314 g/mol. The predicted octanol–water partition coefficient (Wildman–Crippen LogP) is 2.34. The Bertz CT molecular complexity index is 851. The molecule has 0 bridgehead atoms. The minimum absolute atomic E-state index is 0.0673. The van der Waals surface area contributed by atoms with Crippen LogP contribution in [0.1, 0.15) is 11.8 Å². The quantitative estimate of drug-likeness (QED) is 0.647. The summed E-state index contributed by atoms with van der Waals surface area (Å²) in [5.41, 5.74) is 1.84. The van der Waals surface area contributed by atoms with Crippen molar-refractivity contribution in [2.45, 2.75) is 19.4 Å². The number of oxazole rings is 1. The van der Waals surface area contributed by atoms with Crippen LogP contribution in [-0.2, 0) is 11.2 Å². The van der Waals surface area contributed by atoms with Gasteiger partial charge in [0.05, 0.1) is 5.52 Å². The minimum atomic E-state index is -0.489. The number of H-pyrrole nitrogens is 1. The molecule has 0 aliphatic heterocycles. The van der Waals surface area contributed by atoms with E-state index < -0.39 is 5.76 Å². The highest BCUT2D eigenvalue weighted by Gasteiger charge is 2.12. The van der Waals surface area contributed by atoms with E-state index >= 15 is 0 Å². The number of fused-ring (bicyclic) bond motifs is 1. The van der Waals surface area contributed by atoms with Gasteiger partial charge in [-0.15, -0.1) is 11.3 Å². The van der Waals surface area contributed by atoms with Crippen molar-refractivity contribution in [3.05, 3.63) is 51.1 Å². The topological polar surface area (TPSA) is 87.1 Å². The summed E-state index contributed by atoms with van der Waals surface area (Å²) in [5, 5.41) is 8.05. The van der Waals surface area contributed by atoms with Gasteiger partial charge in [-0.1, -0.05) is 6.07 Å². The molecule has 7 heteroatoms. The van der Waals surface area contributed by atoms with Gasteiger partial charge in [0.2, 0.25) is 5.91 Å². The number of carbonyl (C=O) groups excluding carboxylic acids is 1. The summed E-state index contributed by atoms with van der Waals surface area (Å²) >= 11 is 1.68. The minimum Gasteiger partial charge on any atom is -0.408 e. The lowest BCUT2D eigenvalue weighted by Crippen LogP contribution is -2.38. The number of hydrogen-bond donors (Lipinski definition) is 3. The lowest BCUT2D eigenvalue weighted by molar-refractivity contribution is -0.121. The molecule has 0 aliphatic carbocycles. The van der Waals surface area contributed by atoms with Gasteiger partial charge in [0.25, 0.3) is 0 Å². The Labute approximate surface area is 136 Å². The van der Waals surface area contributed by atoms with E-state index in [9.17, 15) is 9.59 Å². The van der Waals surface area contributed by atoms with Gasteiger partial charge >= 0.3 is 5.76 Å². The highest BCUT2D eigenvalue weighted by atomic mass is 32.1. The first kappa shape index (κ1) is 15.4. The number of carbonyl (C=O) groups is 1. The Morgan fingerprint density at radius 3 is 3.04 bits per heavy atom. The average molecular weight is 331 g/mol. The summed E-state index contributed by atoms with van der Waals surface area (Å²) < 4.78 is 4.95. The second-order valence-electron chi connectivity index (χ2n) is 5.21. The third kappa shape index (κ3) is 3.81. The van der Waals surface area contributed by atoms with Crippen LogP contribution >= 0.6 is 11.3 Å². The summed E-state index contributed by atoms with van der Waals surface area (Å²) in [5.74, 6) is -0.557. The number of amides is 1. The SMILES string of the molecule is CC(Nc1ccc2oc(=O)[nH]c2c1)C(=O)NCCc1cccs1. The molecule has 2 aromatic heterocycles. The zero-order valence-electron chi connectivity index (χ0n) is 12.6. The lowest BCUT2D eigenvalue weighted by Gasteiger charge is -2.15. The van der Waals surface area contributed by atoms with Gasteiger partial charge < -0.3 is 15.1 Å². The van der Waals surface area contributed by atoms with Gasteiger partial charge in [0.1, 0.15) is 6.04 Å². The molecule has 3 N–H and O–H groups in total. The molecule has 1 atom stereocenters. The van der Waals surface area contributed by atoms with Crippen molar-refractivity contribution in [1.29, 1.82) is 0 Å². The molecule has 2 heterocycles. The van der Waals surface area contributed by atoms with Crippen molar-refractivity contribution >= 4 is 34.0 Å². The summed E-state index contributed by atoms with van der Waals surface area (Å²) in [6, 6.07) is 8.89. The number of rotatable bonds is 6. The number of aromatic amines is 1. The van der Waals surface area contributed by atoms with Crippen LogP contribution in [0, 0.1) is 0 Å². The summed E-state index contributed by atoms with van der Waals surface area (Å²) in [4.78, 5) is 27.1. The van der Waals surface area contributed by atoms with Gasteiger partial charge in [-0.3, -0.25) is 9.78 Å². The molecule has 0 fully saturated rings. The number of benzene rings is 1. The van der Waals surface area contributed by atoms with Crippen LogP contribution in [0.3, 0.4) is 0 Å². The Morgan fingerprint density at radius 1 is 1.39 bits per heavy atom. The monoisotopic (exact) mass is 331 g/mol. The second kappa shape index (κ2) is 6.70. The summed E-state index contributed by atoms with van der Waals surface area (Å²) in [6.07, 6.45) is 0.832. The molecule has 1 aromatic carbocycles. The van der Waals surface area contributed by atoms with Crippen molar-refractivity contribution in [1.82, 2.24) is 10.3 Å². The zero-order valence-corrected chi connectivity index (χ0v) is 13.4. The van der Waals surface area contributed by atoms with Crippen molar-refractivity contribution in [2.24, 2.45) is 0 Å². The fourth-order valence-corrected chi connectivity index (χ4v) is 2.98. The molecule has 0 saturated carbocycles. The summed E-state index contributed by atoms with van der Waals surface area (Å²) in [6.45, 7) is 2.40. The van der Waals surface area contributed by atoms with E-state index in [1.807, 2.05) is 11.4 Å². The van der Waals surface area contributed by atoms with Gasteiger partial charge in [0, 0.05) is 17.1 Å². The molecule has 6 nitrogen and oxygen atoms in total. The predicted molar refractivity (Wildman–Crippen MR) is 91.0 cm³/mol. The number of aromatic nitrogens is 1. The van der Waals surface area contributed by atoms with E-state index in [0.29, 0.717) is 17.6 Å². The van der Waals surface area contributed by atoms with Gasteiger partial charge in [-0.2, -0.15) is 0 Å². The van der Waals surface area contributed by atoms with Crippen molar-refractivity contribution in [3.63, 3.8) is 0 Å². The van der Waals surface area contributed by atoms with Crippen LogP contribution in [0.5, 0.6) is 0 Å². The lowest BCUT2D eigenvalue weighted by atomic mass is 10.2. The van der Waals surface area contributed by atoms with E-state index in [2.05, 4.69) is 21.7 Å². The van der Waals surface area contributed by atoms with Gasteiger partial charge in [-0.05, 0) is 43.0 Å². The standard InChI is InChI=1S/C16H17N3O3S/c1-10(15(20)17-7-6-12-3-2-8-23-12)18-11-4-5-14-13(9-11)19-16(21)22-14/h2-5,8-10,18H,6-7H2,1H3,(H,17,20)(H,19,21). The first-order chi connectivity index (χ1) is 11.1. The normalized spacial score (nSPS) is 12.2. The maximum Gasteiger partial charge on any atom is 0.417 e. The molecule has 0 aliphatic rings. The van der Waals surface area contributed by atoms with Crippen molar-refractivity contribution in [3.8, 4) is 0 Å². The highest BCUT2D eigenvalue weighted by molar-refractivity contribution is 7.09. The van der Waals surface area contributed by atoms with Gasteiger partial charge in [-0.25, -0.2) is 4.79 Å². The number of anilines is 1. The van der Waals surface area contributed by atoms with Crippen molar-refractivity contribution < 1.29 is 9.21 Å². The summed E-state index contributed by atoms with van der Waals surface area (Å²) in [7, 11) is 0. The van der Waals surface area contributed by atoms with E-state index in [1.165, 1.54) is 4.88 Å². The van der Waals surface area contributed by atoms with Crippen molar-refractivity contribution in [2.75, 3.05) is 11.9 Å². The maximum absolute atomic E-state index is 12.1. The number of nitrogens with one attached hydrogen (secondary N) is 3. The van der Waals surface area contributed by atoms with Crippen LogP contribution in [0.15, 0.2) is 44.9 Å². The average Bonchev–Trinajstić information content (AvgIpc) is 3.15. The van der Waals surface area contributed by atoms with Crippen LogP contribution in [-0.4, -0.2) is 23.5 Å². The molecule has 23 heavy (non-hydrogen) atoms. The van der Waals surface area contributed by atoms with Crippen LogP contribution in [0.2, 0.25) is 0 Å². The Balaban J connectivity index is 1.55. The third-order valence-corrected chi connectivity index (χ3v) is 4.38. The van der Waals surface area contributed by atoms with Crippen LogP contribution < -0.4 is 16.4 Å². The van der Waals surface area contributed by atoms with Crippen LogP contribution in [0.4, 0.5) is 5.69 Å². The molecule has 3 rings (SSSR count). The Hall–Kier alpha value is -2.54. The number of thiophene rings is 1. The molecule has 0 saturated heterocycles. The molecule has 0 radical (unpaired) electrons. The molecule has 0 spiro atoms. The van der Waals surface area contributed by atoms with E-state index in [1.54, 1.807) is 36.5 Å². The highest BCUT2D eigenvalue weighted by Crippen LogP contribution is 2.16. The zero-order chi connectivity index (χ0) is 16.2. The Morgan fingerprint density at radius 2 is 2.26 bits per heavy atom. The molecule has 1 unspecified atom stereocenters. The Kier molecular flexibility index (Phi) is 4.47. The third-order valence-electron chi connectivity index (χ3n) is 3.45. The largest absolute Gasteiger partial charge is 0.417 e. The fourth-order valence-electron chi connectivity index (χ4n) is 2.27. The van der Waals surface area contributed by atoms with E-state index in [-0.39, 0.29) is 11.9 Å². The fraction of sp³-hybridized carbons (Fsp3) is 0.250. The molecule has 1 amide bonds. The smallest absolute Gasteiger partial charge is 0.408 e. The molecular formula is C16H17N3O3S. The van der Waals surface area contributed by atoms with E-state index in [0.717, 1.165) is 12.1 Å². The second-order valence-corrected chi connectivity index (χ2v) is 6.24. The first-order valence-corrected chi connectivity index (χ1v) is 8.19. The van der Waals surface area contributed by atoms with Gasteiger partial charge in [0.15, 0.2) is 5.58 Å². The van der Waals surface area contributed by atoms with E-state index in [4.69, 9.17) is 4.42 Å². The number of hydrogen-bond acceptors (Lipinski definition) is 5. The van der Waals surface area contributed by atoms with Crippen LogP contribution in [0.25, 0.3) is 11.1 Å². The molecule has 3 aromatic rings. The first-order valence-electron chi connectivity index (χ1n) is 7.31. The molecule has 120 valence electrons.